The minimum Gasteiger partial charge on any atom is -0.481 e. The van der Waals surface area contributed by atoms with E-state index in [0.29, 0.717) is 18.3 Å². The van der Waals surface area contributed by atoms with Gasteiger partial charge in [-0.2, -0.15) is 0 Å². The molecule has 0 atom stereocenters. The number of carbonyl (C=O) groups excluding carboxylic acids is 1. The highest BCUT2D eigenvalue weighted by atomic mass is 16.4. The van der Waals surface area contributed by atoms with Crippen molar-refractivity contribution < 1.29 is 14.7 Å². The Bertz CT molecular complexity index is 545. The molecule has 2 aliphatic carbocycles. The normalized spacial score (nSPS) is 25.6. The largest absolute Gasteiger partial charge is 0.481 e. The van der Waals surface area contributed by atoms with Crippen molar-refractivity contribution in [1.82, 2.24) is 5.32 Å². The summed E-state index contributed by atoms with van der Waals surface area (Å²) in [5.74, 6) is 0.216. The van der Waals surface area contributed by atoms with Gasteiger partial charge >= 0.3 is 5.97 Å². The van der Waals surface area contributed by atoms with Gasteiger partial charge < -0.3 is 10.4 Å². The molecule has 0 aliphatic heterocycles. The molecular formula is C18H23NO3. The molecule has 2 N–H and O–H groups in total. The lowest BCUT2D eigenvalue weighted by atomic mass is 9.69. The first-order valence-corrected chi connectivity index (χ1v) is 8.14. The van der Waals surface area contributed by atoms with Gasteiger partial charge in [0.15, 0.2) is 0 Å². The van der Waals surface area contributed by atoms with E-state index in [9.17, 15) is 9.59 Å². The fourth-order valence-electron chi connectivity index (χ4n) is 3.75. The average Bonchev–Trinajstić information content (AvgIpc) is 2.40. The molecule has 22 heavy (non-hydrogen) atoms. The summed E-state index contributed by atoms with van der Waals surface area (Å²) < 4.78 is 0. The third-order valence-corrected chi connectivity index (χ3v) is 5.19. The predicted octanol–water partition coefficient (Wildman–Crippen LogP) is 3.08. The van der Waals surface area contributed by atoms with Crippen LogP contribution in [0.4, 0.5) is 0 Å². The van der Waals surface area contributed by atoms with E-state index in [0.717, 1.165) is 32.1 Å². The predicted molar refractivity (Wildman–Crippen MR) is 83.5 cm³/mol. The Balaban J connectivity index is 1.45. The minimum absolute atomic E-state index is 0.0254. The molecule has 2 saturated carbocycles. The highest BCUT2D eigenvalue weighted by molar-refractivity contribution is 5.79. The summed E-state index contributed by atoms with van der Waals surface area (Å²) in [5.41, 5.74) is 0.895. The van der Waals surface area contributed by atoms with Crippen molar-refractivity contribution in [3.63, 3.8) is 0 Å². The number of amides is 1. The van der Waals surface area contributed by atoms with Crippen LogP contribution in [0.2, 0.25) is 0 Å². The van der Waals surface area contributed by atoms with Gasteiger partial charge in [-0.1, -0.05) is 30.3 Å². The molecule has 0 spiro atoms. The third kappa shape index (κ3) is 3.32. The molecule has 2 aliphatic rings. The van der Waals surface area contributed by atoms with Gasteiger partial charge in [-0.25, -0.2) is 0 Å². The number of rotatable bonds is 6. The van der Waals surface area contributed by atoms with Gasteiger partial charge in [-0.3, -0.25) is 9.59 Å². The van der Waals surface area contributed by atoms with Crippen LogP contribution < -0.4 is 5.32 Å². The molecule has 0 saturated heterocycles. The Morgan fingerprint density at radius 2 is 1.86 bits per heavy atom. The standard InChI is InChI=1S/C18H23NO3/c20-16(19-18(7-4-8-18)12-17(21)22)11-13-9-15(10-13)14-5-2-1-3-6-14/h1-3,5-6,13,15H,4,7-12H2,(H,19,20)(H,21,22). The topological polar surface area (TPSA) is 66.4 Å². The number of benzene rings is 1. The van der Waals surface area contributed by atoms with Crippen LogP contribution in [0.5, 0.6) is 0 Å². The minimum atomic E-state index is -0.826. The van der Waals surface area contributed by atoms with Crippen LogP contribution in [0.3, 0.4) is 0 Å². The van der Waals surface area contributed by atoms with Gasteiger partial charge in [0.1, 0.15) is 0 Å². The Morgan fingerprint density at radius 1 is 1.18 bits per heavy atom. The molecule has 4 nitrogen and oxygen atoms in total. The van der Waals surface area contributed by atoms with E-state index in [4.69, 9.17) is 5.11 Å². The lowest BCUT2D eigenvalue weighted by Gasteiger charge is -2.42. The highest BCUT2D eigenvalue weighted by Crippen LogP contribution is 2.43. The zero-order valence-corrected chi connectivity index (χ0v) is 12.8. The number of carbonyl (C=O) groups is 2. The molecular weight excluding hydrogens is 278 g/mol. The van der Waals surface area contributed by atoms with Crippen LogP contribution in [-0.2, 0) is 9.59 Å². The summed E-state index contributed by atoms with van der Waals surface area (Å²) in [7, 11) is 0. The van der Waals surface area contributed by atoms with Crippen molar-refractivity contribution in [1.29, 1.82) is 0 Å². The number of carboxylic acids is 1. The third-order valence-electron chi connectivity index (χ3n) is 5.19. The highest BCUT2D eigenvalue weighted by Gasteiger charge is 2.41. The summed E-state index contributed by atoms with van der Waals surface area (Å²) in [6, 6.07) is 10.4. The van der Waals surface area contributed by atoms with Gasteiger partial charge in [-0.05, 0) is 49.5 Å². The average molecular weight is 301 g/mol. The summed E-state index contributed by atoms with van der Waals surface area (Å²) in [6.07, 6.45) is 5.30. The Morgan fingerprint density at radius 3 is 2.41 bits per heavy atom. The summed E-state index contributed by atoms with van der Waals surface area (Å²) in [6.45, 7) is 0. The Kier molecular flexibility index (Phi) is 4.19. The van der Waals surface area contributed by atoms with Crippen LogP contribution in [0.15, 0.2) is 30.3 Å². The molecule has 1 aromatic rings. The molecule has 118 valence electrons. The number of hydrogen-bond donors (Lipinski definition) is 2. The monoisotopic (exact) mass is 301 g/mol. The van der Waals surface area contributed by atoms with Gasteiger partial charge in [-0.15, -0.1) is 0 Å². The van der Waals surface area contributed by atoms with Crippen LogP contribution in [0.1, 0.15) is 56.4 Å². The molecule has 1 aromatic carbocycles. The molecule has 4 heteroatoms. The zero-order chi connectivity index (χ0) is 15.6. The zero-order valence-electron chi connectivity index (χ0n) is 12.8. The summed E-state index contributed by atoms with van der Waals surface area (Å²) in [4.78, 5) is 23.1. The van der Waals surface area contributed by atoms with Crippen molar-refractivity contribution in [3.05, 3.63) is 35.9 Å². The van der Waals surface area contributed by atoms with Crippen LogP contribution in [0, 0.1) is 5.92 Å². The van der Waals surface area contributed by atoms with E-state index in [1.807, 2.05) is 6.07 Å². The number of carboxylic acid groups (broad SMARTS) is 1. The lowest BCUT2D eigenvalue weighted by Crippen LogP contribution is -2.55. The number of aliphatic carboxylic acids is 1. The summed E-state index contributed by atoms with van der Waals surface area (Å²) in [5, 5.41) is 12.0. The maximum absolute atomic E-state index is 12.2. The van der Waals surface area contributed by atoms with Crippen molar-refractivity contribution in [2.45, 2.75) is 56.4 Å². The smallest absolute Gasteiger partial charge is 0.305 e. The van der Waals surface area contributed by atoms with Crippen molar-refractivity contribution in [2.24, 2.45) is 5.92 Å². The number of hydrogen-bond acceptors (Lipinski definition) is 2. The van der Waals surface area contributed by atoms with Gasteiger partial charge in [0.2, 0.25) is 5.91 Å². The number of nitrogens with one attached hydrogen (secondary N) is 1. The van der Waals surface area contributed by atoms with Crippen molar-refractivity contribution >= 4 is 11.9 Å². The molecule has 0 aromatic heterocycles. The fraction of sp³-hybridized carbons (Fsp3) is 0.556. The molecule has 3 rings (SSSR count). The Labute approximate surface area is 130 Å². The van der Waals surface area contributed by atoms with Crippen molar-refractivity contribution in [3.8, 4) is 0 Å². The Hall–Kier alpha value is -1.84. The lowest BCUT2D eigenvalue weighted by molar-refractivity contribution is -0.140. The quantitative estimate of drug-likeness (QED) is 0.848. The summed E-state index contributed by atoms with van der Waals surface area (Å²) >= 11 is 0. The van der Waals surface area contributed by atoms with E-state index >= 15 is 0 Å². The maximum Gasteiger partial charge on any atom is 0.305 e. The van der Waals surface area contributed by atoms with Crippen molar-refractivity contribution in [2.75, 3.05) is 0 Å². The molecule has 2 fully saturated rings. The van der Waals surface area contributed by atoms with Gasteiger partial charge in [0.25, 0.3) is 0 Å². The second-order valence-corrected chi connectivity index (χ2v) is 6.90. The molecule has 0 radical (unpaired) electrons. The van der Waals surface area contributed by atoms with E-state index in [2.05, 4.69) is 29.6 Å². The first-order chi connectivity index (χ1) is 10.6. The molecule has 0 heterocycles. The van der Waals surface area contributed by atoms with E-state index in [1.165, 1.54) is 5.56 Å². The second-order valence-electron chi connectivity index (χ2n) is 6.90. The second kappa shape index (κ2) is 6.11. The first-order valence-electron chi connectivity index (χ1n) is 8.14. The van der Waals surface area contributed by atoms with E-state index in [1.54, 1.807) is 0 Å². The van der Waals surface area contributed by atoms with Crippen LogP contribution in [-0.4, -0.2) is 22.5 Å². The van der Waals surface area contributed by atoms with E-state index < -0.39 is 11.5 Å². The first kappa shape index (κ1) is 15.1. The maximum atomic E-state index is 12.2. The van der Waals surface area contributed by atoms with E-state index in [-0.39, 0.29) is 12.3 Å². The van der Waals surface area contributed by atoms with Crippen LogP contribution in [0.25, 0.3) is 0 Å². The fourth-order valence-corrected chi connectivity index (χ4v) is 3.75. The van der Waals surface area contributed by atoms with Gasteiger partial charge in [0.05, 0.1) is 12.0 Å². The van der Waals surface area contributed by atoms with Gasteiger partial charge in [0, 0.05) is 6.42 Å². The van der Waals surface area contributed by atoms with Crippen LogP contribution >= 0.6 is 0 Å². The molecule has 0 unspecified atom stereocenters. The SMILES string of the molecule is O=C(O)CC1(NC(=O)CC2CC(c3ccccc3)C2)CCC1. The molecule has 1 amide bonds. The molecule has 0 bridgehead atoms.